The monoisotopic (exact) mass is 471 g/mol. The van der Waals surface area contributed by atoms with Gasteiger partial charge in [-0.3, -0.25) is 4.79 Å². The number of aryl methyl sites for hydroxylation is 1. The maximum atomic E-state index is 12.6. The summed E-state index contributed by atoms with van der Waals surface area (Å²) in [5.74, 6) is 0.381. The second-order valence-electron chi connectivity index (χ2n) is 6.94. The average molecular weight is 472 g/mol. The lowest BCUT2D eigenvalue weighted by molar-refractivity contribution is -0.115. The molecule has 0 bridgehead atoms. The van der Waals surface area contributed by atoms with Gasteiger partial charge in [-0.25, -0.2) is 4.99 Å². The Bertz CT molecular complexity index is 1250. The summed E-state index contributed by atoms with van der Waals surface area (Å²) in [6, 6.07) is 14.9. The molecule has 31 heavy (non-hydrogen) atoms. The van der Waals surface area contributed by atoms with Gasteiger partial charge >= 0.3 is 0 Å². The van der Waals surface area contributed by atoms with Crippen LogP contribution < -0.4 is 10.1 Å². The van der Waals surface area contributed by atoms with Crippen LogP contribution >= 0.6 is 35.0 Å². The van der Waals surface area contributed by atoms with Gasteiger partial charge in [0, 0.05) is 27.1 Å². The van der Waals surface area contributed by atoms with E-state index in [4.69, 9.17) is 27.9 Å². The van der Waals surface area contributed by atoms with Crippen molar-refractivity contribution in [2.24, 2.45) is 4.99 Å². The molecule has 158 valence electrons. The quantitative estimate of drug-likeness (QED) is 0.454. The molecule has 1 fully saturated rings. The minimum Gasteiger partial charge on any atom is -0.494 e. The van der Waals surface area contributed by atoms with E-state index < -0.39 is 0 Å². The van der Waals surface area contributed by atoms with Crippen molar-refractivity contribution in [1.29, 1.82) is 0 Å². The molecular formula is C23H19Cl2N3O2S. The van der Waals surface area contributed by atoms with Crippen molar-refractivity contribution in [2.45, 2.75) is 13.8 Å². The van der Waals surface area contributed by atoms with Crippen LogP contribution in [0.25, 0.3) is 11.8 Å². The van der Waals surface area contributed by atoms with E-state index in [1.807, 2.05) is 50.3 Å². The number of benzene rings is 2. The zero-order valence-electron chi connectivity index (χ0n) is 17.1. The van der Waals surface area contributed by atoms with Gasteiger partial charge in [0.15, 0.2) is 5.17 Å². The number of hydrogen-bond acceptors (Lipinski definition) is 4. The van der Waals surface area contributed by atoms with Crippen LogP contribution in [-0.4, -0.2) is 22.8 Å². The van der Waals surface area contributed by atoms with Gasteiger partial charge in [0.1, 0.15) is 11.4 Å². The number of nitrogens with zero attached hydrogens (tertiary/aromatic N) is 2. The SMILES string of the molecule is COc1ccc(Cl)cc1N=C1NC(=O)/C(=C/c2cc(C)n(-c3cccc(Cl)c3)c2C)S1. The van der Waals surface area contributed by atoms with Crippen molar-refractivity contribution in [3.8, 4) is 11.4 Å². The van der Waals surface area contributed by atoms with Gasteiger partial charge in [-0.15, -0.1) is 0 Å². The highest BCUT2D eigenvalue weighted by Gasteiger charge is 2.25. The predicted molar refractivity (Wildman–Crippen MR) is 129 cm³/mol. The summed E-state index contributed by atoms with van der Waals surface area (Å²) in [5, 5.41) is 4.49. The number of carbonyl (C=O) groups is 1. The number of aromatic nitrogens is 1. The molecule has 0 radical (unpaired) electrons. The molecule has 1 aliphatic rings. The summed E-state index contributed by atoms with van der Waals surface area (Å²) in [7, 11) is 1.56. The van der Waals surface area contributed by atoms with Crippen LogP contribution in [0.15, 0.2) is 58.4 Å². The first-order valence-corrected chi connectivity index (χ1v) is 11.0. The highest BCUT2D eigenvalue weighted by Crippen LogP contribution is 2.34. The lowest BCUT2D eigenvalue weighted by Gasteiger charge is -2.10. The Labute approximate surface area is 194 Å². The molecule has 1 amide bonds. The van der Waals surface area contributed by atoms with Crippen molar-refractivity contribution < 1.29 is 9.53 Å². The number of rotatable bonds is 4. The van der Waals surface area contributed by atoms with Gasteiger partial charge in [0.2, 0.25) is 0 Å². The molecule has 0 unspecified atom stereocenters. The van der Waals surface area contributed by atoms with E-state index in [2.05, 4.69) is 14.9 Å². The average Bonchev–Trinajstić information content (AvgIpc) is 3.20. The number of nitrogens with one attached hydrogen (secondary N) is 1. The number of hydrogen-bond donors (Lipinski definition) is 1. The van der Waals surface area contributed by atoms with Gasteiger partial charge in [-0.1, -0.05) is 29.3 Å². The summed E-state index contributed by atoms with van der Waals surface area (Å²) in [6.45, 7) is 4.04. The Morgan fingerprint density at radius 2 is 1.87 bits per heavy atom. The van der Waals surface area contributed by atoms with Gasteiger partial charge in [-0.2, -0.15) is 0 Å². The summed E-state index contributed by atoms with van der Waals surface area (Å²) >= 11 is 13.5. The topological polar surface area (TPSA) is 55.6 Å². The molecule has 1 N–H and O–H groups in total. The van der Waals surface area contributed by atoms with Crippen LogP contribution in [0.4, 0.5) is 5.69 Å². The number of ether oxygens (including phenoxy) is 1. The molecule has 5 nitrogen and oxygen atoms in total. The van der Waals surface area contributed by atoms with Crippen LogP contribution in [0.5, 0.6) is 5.75 Å². The molecule has 1 aromatic heterocycles. The van der Waals surface area contributed by atoms with Crippen LogP contribution in [0.1, 0.15) is 17.0 Å². The number of aliphatic imine (C=N–C) groups is 1. The summed E-state index contributed by atoms with van der Waals surface area (Å²) < 4.78 is 7.44. The molecule has 8 heteroatoms. The van der Waals surface area contributed by atoms with E-state index >= 15 is 0 Å². The second kappa shape index (κ2) is 8.83. The standard InChI is InChI=1S/C23H19Cl2N3O2S/c1-13-9-15(14(2)28(13)18-6-4-5-16(24)11-18)10-21-22(29)27-23(31-21)26-19-12-17(25)7-8-20(19)30-3/h4-12H,1-3H3,(H,26,27,29)/b21-10-. The zero-order chi connectivity index (χ0) is 22.1. The first-order chi connectivity index (χ1) is 14.9. The summed E-state index contributed by atoms with van der Waals surface area (Å²) in [5.41, 5.74) is 4.55. The lowest BCUT2D eigenvalue weighted by atomic mass is 10.2. The fourth-order valence-electron chi connectivity index (χ4n) is 3.43. The Balaban J connectivity index is 1.66. The molecule has 2 aromatic carbocycles. The minimum absolute atomic E-state index is 0.197. The molecule has 0 aliphatic carbocycles. The Morgan fingerprint density at radius 3 is 2.61 bits per heavy atom. The Morgan fingerprint density at radius 1 is 1.10 bits per heavy atom. The molecule has 0 saturated carbocycles. The van der Waals surface area contributed by atoms with Gasteiger partial charge in [0.25, 0.3) is 5.91 Å². The maximum Gasteiger partial charge on any atom is 0.264 e. The van der Waals surface area contributed by atoms with Crippen molar-refractivity contribution >= 4 is 57.8 Å². The Hall–Kier alpha value is -2.67. The molecule has 1 aliphatic heterocycles. The smallest absolute Gasteiger partial charge is 0.264 e. The zero-order valence-corrected chi connectivity index (χ0v) is 19.4. The number of thioether (sulfide) groups is 1. The summed E-state index contributed by atoms with van der Waals surface area (Å²) in [4.78, 5) is 17.6. The van der Waals surface area contributed by atoms with Crippen molar-refractivity contribution in [3.05, 3.63) is 80.4 Å². The first kappa shape index (κ1) is 21.6. The fraction of sp³-hybridized carbons (Fsp3) is 0.130. The molecule has 1 saturated heterocycles. The molecular weight excluding hydrogens is 453 g/mol. The van der Waals surface area contributed by atoms with E-state index in [1.54, 1.807) is 25.3 Å². The third-order valence-corrected chi connectivity index (χ3v) is 6.22. The fourth-order valence-corrected chi connectivity index (χ4v) is 4.60. The molecule has 4 rings (SSSR count). The normalized spacial score (nSPS) is 16.2. The maximum absolute atomic E-state index is 12.6. The van der Waals surface area contributed by atoms with E-state index in [0.717, 1.165) is 22.6 Å². The minimum atomic E-state index is -0.197. The number of carbonyl (C=O) groups excluding carboxylic acids is 1. The van der Waals surface area contributed by atoms with E-state index in [1.165, 1.54) is 11.8 Å². The largest absolute Gasteiger partial charge is 0.494 e. The van der Waals surface area contributed by atoms with Crippen LogP contribution in [-0.2, 0) is 4.79 Å². The molecule has 0 atom stereocenters. The highest BCUT2D eigenvalue weighted by atomic mass is 35.5. The predicted octanol–water partition coefficient (Wildman–Crippen LogP) is 6.30. The number of amidine groups is 1. The second-order valence-corrected chi connectivity index (χ2v) is 8.84. The van der Waals surface area contributed by atoms with E-state index in [-0.39, 0.29) is 5.91 Å². The number of halogens is 2. The third kappa shape index (κ3) is 4.51. The highest BCUT2D eigenvalue weighted by molar-refractivity contribution is 8.18. The molecule has 2 heterocycles. The van der Waals surface area contributed by atoms with Crippen LogP contribution in [0, 0.1) is 13.8 Å². The Kier molecular flexibility index (Phi) is 6.14. The van der Waals surface area contributed by atoms with Crippen molar-refractivity contribution in [2.75, 3.05) is 7.11 Å². The van der Waals surface area contributed by atoms with Crippen LogP contribution in [0.2, 0.25) is 10.0 Å². The summed E-state index contributed by atoms with van der Waals surface area (Å²) in [6.07, 6.45) is 1.88. The molecule has 3 aromatic rings. The third-order valence-electron chi connectivity index (χ3n) is 4.84. The molecule has 0 spiro atoms. The first-order valence-electron chi connectivity index (χ1n) is 9.43. The van der Waals surface area contributed by atoms with E-state index in [0.29, 0.717) is 31.6 Å². The lowest BCUT2D eigenvalue weighted by Crippen LogP contribution is -2.19. The van der Waals surface area contributed by atoms with Crippen molar-refractivity contribution in [3.63, 3.8) is 0 Å². The van der Waals surface area contributed by atoms with E-state index in [9.17, 15) is 4.79 Å². The van der Waals surface area contributed by atoms with Gasteiger partial charge < -0.3 is 14.6 Å². The number of amides is 1. The van der Waals surface area contributed by atoms with Crippen LogP contribution in [0.3, 0.4) is 0 Å². The van der Waals surface area contributed by atoms with Crippen molar-refractivity contribution in [1.82, 2.24) is 9.88 Å². The van der Waals surface area contributed by atoms with Gasteiger partial charge in [-0.05, 0) is 79.7 Å². The van der Waals surface area contributed by atoms with Gasteiger partial charge in [0.05, 0.1) is 12.0 Å². The number of methoxy groups -OCH3 is 1.